The summed E-state index contributed by atoms with van der Waals surface area (Å²) in [5.41, 5.74) is 7.61. The molecule has 0 bridgehead atoms. The zero-order chi connectivity index (χ0) is 14.6. The maximum Gasteiger partial charge on any atom is 0.241 e. The van der Waals surface area contributed by atoms with Gasteiger partial charge in [0.2, 0.25) is 5.91 Å². The first kappa shape index (κ1) is 16.0. The molecular formula is C14H22BrN3O. The summed E-state index contributed by atoms with van der Waals surface area (Å²) in [5.74, 6) is 0.256. The van der Waals surface area contributed by atoms with E-state index in [1.807, 2.05) is 37.2 Å². The number of benzene rings is 1. The van der Waals surface area contributed by atoms with E-state index in [0.717, 1.165) is 15.8 Å². The minimum Gasteiger partial charge on any atom is -0.376 e. The van der Waals surface area contributed by atoms with Crippen molar-refractivity contribution in [1.82, 2.24) is 0 Å². The molecule has 0 fully saturated rings. The standard InChI is InChI=1S/C14H22BrN3O/c1-9(2)7-11(16)14(19)17-12-8-10(15)5-6-13(12)18(3)4/h5-6,8-9,11H,7,16H2,1-4H3,(H,17,19)/t11-/m0/s1. The molecule has 0 aliphatic carbocycles. The van der Waals surface area contributed by atoms with Crippen molar-refractivity contribution in [1.29, 1.82) is 0 Å². The van der Waals surface area contributed by atoms with Crippen molar-refractivity contribution in [3.05, 3.63) is 22.7 Å². The Balaban J connectivity index is 2.86. The Bertz CT molecular complexity index is 446. The van der Waals surface area contributed by atoms with Crippen molar-refractivity contribution in [2.75, 3.05) is 24.3 Å². The molecule has 0 aromatic heterocycles. The van der Waals surface area contributed by atoms with Gasteiger partial charge < -0.3 is 16.0 Å². The largest absolute Gasteiger partial charge is 0.376 e. The van der Waals surface area contributed by atoms with Crippen LogP contribution in [0.15, 0.2) is 22.7 Å². The smallest absolute Gasteiger partial charge is 0.241 e. The molecule has 4 nitrogen and oxygen atoms in total. The Hall–Kier alpha value is -1.07. The summed E-state index contributed by atoms with van der Waals surface area (Å²) in [4.78, 5) is 14.0. The summed E-state index contributed by atoms with van der Waals surface area (Å²) in [6.45, 7) is 4.11. The first-order valence-electron chi connectivity index (χ1n) is 6.34. The second kappa shape index (κ2) is 6.91. The normalized spacial score (nSPS) is 12.4. The average Bonchev–Trinajstić information content (AvgIpc) is 2.27. The van der Waals surface area contributed by atoms with Crippen LogP contribution >= 0.6 is 15.9 Å². The lowest BCUT2D eigenvalue weighted by atomic mass is 10.0. The highest BCUT2D eigenvalue weighted by molar-refractivity contribution is 9.10. The Labute approximate surface area is 123 Å². The van der Waals surface area contributed by atoms with Crippen LogP contribution in [-0.2, 0) is 4.79 Å². The van der Waals surface area contributed by atoms with Crippen LogP contribution in [0.4, 0.5) is 11.4 Å². The quantitative estimate of drug-likeness (QED) is 0.874. The molecule has 1 aromatic rings. The number of hydrogen-bond donors (Lipinski definition) is 2. The maximum absolute atomic E-state index is 12.1. The van der Waals surface area contributed by atoms with Gasteiger partial charge in [0.25, 0.3) is 0 Å². The van der Waals surface area contributed by atoms with E-state index < -0.39 is 6.04 Å². The molecule has 0 spiro atoms. The van der Waals surface area contributed by atoms with E-state index in [1.54, 1.807) is 0 Å². The third kappa shape index (κ3) is 4.84. The maximum atomic E-state index is 12.1. The van der Waals surface area contributed by atoms with Crippen LogP contribution in [-0.4, -0.2) is 26.0 Å². The molecule has 0 saturated heterocycles. The molecule has 1 amide bonds. The predicted molar refractivity (Wildman–Crippen MR) is 84.5 cm³/mol. The molecule has 0 radical (unpaired) electrons. The minimum atomic E-state index is -0.478. The third-order valence-electron chi connectivity index (χ3n) is 2.76. The monoisotopic (exact) mass is 327 g/mol. The molecule has 5 heteroatoms. The van der Waals surface area contributed by atoms with Crippen LogP contribution in [0.3, 0.4) is 0 Å². The first-order chi connectivity index (χ1) is 8.81. The zero-order valence-corrected chi connectivity index (χ0v) is 13.5. The molecule has 1 rings (SSSR count). The molecule has 1 atom stereocenters. The van der Waals surface area contributed by atoms with Gasteiger partial charge in [0, 0.05) is 18.6 Å². The van der Waals surface area contributed by atoms with Gasteiger partial charge in [-0.1, -0.05) is 29.8 Å². The van der Waals surface area contributed by atoms with E-state index in [9.17, 15) is 4.79 Å². The Morgan fingerprint density at radius 1 is 1.42 bits per heavy atom. The highest BCUT2D eigenvalue weighted by Gasteiger charge is 2.17. The van der Waals surface area contributed by atoms with Crippen LogP contribution in [0.2, 0.25) is 0 Å². The number of amides is 1. The number of nitrogens with one attached hydrogen (secondary N) is 1. The second-order valence-electron chi connectivity index (χ2n) is 5.28. The molecule has 0 aliphatic rings. The molecule has 0 saturated carbocycles. The second-order valence-corrected chi connectivity index (χ2v) is 6.20. The molecule has 0 unspecified atom stereocenters. The van der Waals surface area contributed by atoms with Crippen LogP contribution in [0.1, 0.15) is 20.3 Å². The molecule has 19 heavy (non-hydrogen) atoms. The highest BCUT2D eigenvalue weighted by atomic mass is 79.9. The minimum absolute atomic E-state index is 0.144. The molecule has 1 aromatic carbocycles. The third-order valence-corrected chi connectivity index (χ3v) is 3.25. The number of rotatable bonds is 5. The zero-order valence-electron chi connectivity index (χ0n) is 11.9. The molecule has 0 aliphatic heterocycles. The Morgan fingerprint density at radius 3 is 2.58 bits per heavy atom. The Kier molecular flexibility index (Phi) is 5.82. The van der Waals surface area contributed by atoms with Gasteiger partial charge in [-0.2, -0.15) is 0 Å². The van der Waals surface area contributed by atoms with Gasteiger partial charge in [0.1, 0.15) is 0 Å². The number of anilines is 2. The van der Waals surface area contributed by atoms with Gasteiger partial charge in [-0.05, 0) is 30.5 Å². The van der Waals surface area contributed by atoms with Crippen molar-refractivity contribution in [3.63, 3.8) is 0 Å². The number of halogens is 1. The van der Waals surface area contributed by atoms with Crippen molar-refractivity contribution in [3.8, 4) is 0 Å². The van der Waals surface area contributed by atoms with E-state index in [0.29, 0.717) is 12.3 Å². The van der Waals surface area contributed by atoms with E-state index in [1.165, 1.54) is 0 Å². The van der Waals surface area contributed by atoms with E-state index in [2.05, 4.69) is 35.1 Å². The fraction of sp³-hybridized carbons (Fsp3) is 0.500. The van der Waals surface area contributed by atoms with E-state index in [-0.39, 0.29) is 5.91 Å². The van der Waals surface area contributed by atoms with Gasteiger partial charge >= 0.3 is 0 Å². The van der Waals surface area contributed by atoms with Crippen LogP contribution in [0.25, 0.3) is 0 Å². The molecular weight excluding hydrogens is 306 g/mol. The highest BCUT2D eigenvalue weighted by Crippen LogP contribution is 2.28. The van der Waals surface area contributed by atoms with Crippen LogP contribution < -0.4 is 16.0 Å². The van der Waals surface area contributed by atoms with Crippen LogP contribution in [0.5, 0.6) is 0 Å². The summed E-state index contributed by atoms with van der Waals surface area (Å²) in [5, 5.41) is 2.90. The lowest BCUT2D eigenvalue weighted by molar-refractivity contribution is -0.117. The van der Waals surface area contributed by atoms with Gasteiger partial charge in [-0.15, -0.1) is 0 Å². The van der Waals surface area contributed by atoms with Crippen LogP contribution in [0, 0.1) is 5.92 Å². The summed E-state index contributed by atoms with van der Waals surface area (Å²) < 4.78 is 0.922. The summed E-state index contributed by atoms with van der Waals surface area (Å²) >= 11 is 3.41. The lowest BCUT2D eigenvalue weighted by Gasteiger charge is -2.20. The van der Waals surface area contributed by atoms with E-state index in [4.69, 9.17) is 5.73 Å². The van der Waals surface area contributed by atoms with Gasteiger partial charge in [0.05, 0.1) is 17.4 Å². The lowest BCUT2D eigenvalue weighted by Crippen LogP contribution is -2.37. The number of carbonyl (C=O) groups excluding carboxylic acids is 1. The van der Waals surface area contributed by atoms with Crippen molar-refractivity contribution in [2.45, 2.75) is 26.3 Å². The molecule has 106 valence electrons. The van der Waals surface area contributed by atoms with Crippen molar-refractivity contribution < 1.29 is 4.79 Å². The SMILES string of the molecule is CC(C)C[C@H](N)C(=O)Nc1cc(Br)ccc1N(C)C. The van der Waals surface area contributed by atoms with Gasteiger partial charge in [0.15, 0.2) is 0 Å². The summed E-state index contributed by atoms with van der Waals surface area (Å²) in [7, 11) is 3.87. The van der Waals surface area contributed by atoms with E-state index >= 15 is 0 Å². The topological polar surface area (TPSA) is 58.4 Å². The van der Waals surface area contributed by atoms with Gasteiger partial charge in [-0.3, -0.25) is 4.79 Å². The van der Waals surface area contributed by atoms with Crippen molar-refractivity contribution >= 4 is 33.2 Å². The average molecular weight is 328 g/mol. The number of nitrogens with zero attached hydrogens (tertiary/aromatic N) is 1. The van der Waals surface area contributed by atoms with Crippen molar-refractivity contribution in [2.24, 2.45) is 11.7 Å². The summed E-state index contributed by atoms with van der Waals surface area (Å²) in [6, 6.07) is 5.30. The molecule has 3 N–H and O–H groups in total. The number of hydrogen-bond acceptors (Lipinski definition) is 3. The van der Waals surface area contributed by atoms with Gasteiger partial charge in [-0.25, -0.2) is 0 Å². The Morgan fingerprint density at radius 2 is 2.05 bits per heavy atom. The number of carbonyl (C=O) groups is 1. The molecule has 0 heterocycles. The predicted octanol–water partition coefficient (Wildman–Crippen LogP) is 2.83. The summed E-state index contributed by atoms with van der Waals surface area (Å²) in [6.07, 6.45) is 0.678. The number of nitrogens with two attached hydrogens (primary N) is 1. The fourth-order valence-electron chi connectivity index (χ4n) is 1.84. The fourth-order valence-corrected chi connectivity index (χ4v) is 2.20. The first-order valence-corrected chi connectivity index (χ1v) is 7.14.